The quantitative estimate of drug-likeness (QED) is 0.274. The fourth-order valence-electron chi connectivity index (χ4n) is 4.60. The molecule has 0 fully saturated rings. The zero-order valence-electron chi connectivity index (χ0n) is 19.3. The highest BCUT2D eigenvalue weighted by Gasteiger charge is 2.43. The second-order valence-electron chi connectivity index (χ2n) is 9.07. The molecule has 6 heteroatoms. The molecule has 0 aliphatic carbocycles. The lowest BCUT2D eigenvalue weighted by Crippen LogP contribution is -2.47. The topological polar surface area (TPSA) is 58.5 Å². The van der Waals surface area contributed by atoms with Crippen molar-refractivity contribution in [3.63, 3.8) is 0 Å². The van der Waals surface area contributed by atoms with E-state index in [0.29, 0.717) is 28.5 Å². The molecular formula is C24H36N2O2SSi. The van der Waals surface area contributed by atoms with Gasteiger partial charge < -0.3 is 5.32 Å². The molecule has 0 atom stereocenters. The molecule has 1 N–H and O–H groups in total. The summed E-state index contributed by atoms with van der Waals surface area (Å²) in [5, 5.41) is 3.34. The van der Waals surface area contributed by atoms with Crippen molar-refractivity contribution in [2.75, 3.05) is 5.32 Å². The van der Waals surface area contributed by atoms with Crippen LogP contribution in [0.2, 0.25) is 22.7 Å². The molecule has 2 aromatic carbocycles. The number of benzene rings is 2. The van der Waals surface area contributed by atoms with Crippen LogP contribution >= 0.6 is 0 Å². The van der Waals surface area contributed by atoms with Gasteiger partial charge in [0.05, 0.1) is 13.0 Å². The van der Waals surface area contributed by atoms with Gasteiger partial charge in [0.15, 0.2) is 0 Å². The van der Waals surface area contributed by atoms with Crippen molar-refractivity contribution in [2.45, 2.75) is 76.0 Å². The van der Waals surface area contributed by atoms with Crippen LogP contribution < -0.4 is 5.32 Å². The van der Waals surface area contributed by atoms with Gasteiger partial charge in [-0.15, -0.1) is 4.40 Å². The first-order valence-electron chi connectivity index (χ1n) is 10.7. The number of nitrogens with zero attached hydrogens (tertiary/aromatic N) is 1. The molecule has 0 unspecified atom stereocenters. The maximum atomic E-state index is 13.1. The van der Waals surface area contributed by atoms with Crippen molar-refractivity contribution < 1.29 is 8.42 Å². The zero-order valence-corrected chi connectivity index (χ0v) is 21.1. The molecule has 0 amide bonds. The first-order chi connectivity index (χ1) is 14.0. The molecule has 0 radical (unpaired) electrons. The number of sulfonamides is 1. The van der Waals surface area contributed by atoms with Crippen molar-refractivity contribution in [2.24, 2.45) is 4.40 Å². The minimum atomic E-state index is -3.80. The van der Waals surface area contributed by atoms with Gasteiger partial charge >= 0.3 is 0 Å². The van der Waals surface area contributed by atoms with E-state index in [1.807, 2.05) is 49.4 Å². The number of anilines is 1. The first kappa shape index (κ1) is 24.3. The minimum Gasteiger partial charge on any atom is -0.343 e. The summed E-state index contributed by atoms with van der Waals surface area (Å²) in [5.74, 6) is 0.546. The van der Waals surface area contributed by atoms with Gasteiger partial charge in [-0.2, -0.15) is 8.42 Å². The van der Waals surface area contributed by atoms with E-state index in [1.54, 1.807) is 12.1 Å². The Balaban J connectivity index is 2.56. The van der Waals surface area contributed by atoms with Crippen LogP contribution in [0, 0.1) is 6.92 Å². The molecule has 0 aromatic heterocycles. The molecule has 0 bridgehead atoms. The highest BCUT2D eigenvalue weighted by atomic mass is 32.2. The Kier molecular flexibility index (Phi) is 8.05. The SMILES string of the molecule is Cc1ccc(S(=O)(=O)/N=C(\C[Si](C(C)C)(C(C)C)C(C)C)Nc2ccccc2)cc1. The molecule has 0 aliphatic heterocycles. The second-order valence-corrected chi connectivity index (χ2v) is 16.7. The van der Waals surface area contributed by atoms with E-state index in [0.717, 1.165) is 11.3 Å². The van der Waals surface area contributed by atoms with E-state index in [-0.39, 0.29) is 4.90 Å². The largest absolute Gasteiger partial charge is 0.343 e. The van der Waals surface area contributed by atoms with Crippen molar-refractivity contribution >= 4 is 29.6 Å². The van der Waals surface area contributed by atoms with Crippen molar-refractivity contribution in [1.29, 1.82) is 0 Å². The maximum absolute atomic E-state index is 13.1. The minimum absolute atomic E-state index is 0.228. The number of hydrogen-bond donors (Lipinski definition) is 1. The predicted octanol–water partition coefficient (Wildman–Crippen LogP) is 6.87. The van der Waals surface area contributed by atoms with Gasteiger partial charge in [0.2, 0.25) is 0 Å². The summed E-state index contributed by atoms with van der Waals surface area (Å²) >= 11 is 0. The molecule has 0 aliphatic rings. The van der Waals surface area contributed by atoms with Gasteiger partial charge in [0, 0.05) is 11.7 Å². The molecule has 2 aromatic rings. The molecule has 0 heterocycles. The van der Waals surface area contributed by atoms with Crippen LogP contribution in [0.1, 0.15) is 47.1 Å². The molecule has 4 nitrogen and oxygen atoms in total. The van der Waals surface area contributed by atoms with E-state index in [1.165, 1.54) is 0 Å². The summed E-state index contributed by atoms with van der Waals surface area (Å²) in [4.78, 5) is 0.228. The summed E-state index contributed by atoms with van der Waals surface area (Å²) in [6.45, 7) is 15.6. The highest BCUT2D eigenvalue weighted by Crippen LogP contribution is 2.44. The lowest BCUT2D eigenvalue weighted by molar-refractivity contribution is 0.598. The van der Waals surface area contributed by atoms with E-state index in [4.69, 9.17) is 0 Å². The number of rotatable bonds is 8. The Bertz CT molecular complexity index is 929. The maximum Gasteiger partial charge on any atom is 0.283 e. The molecule has 30 heavy (non-hydrogen) atoms. The van der Waals surface area contributed by atoms with E-state index in [9.17, 15) is 8.42 Å². The molecular weight excluding hydrogens is 408 g/mol. The number of para-hydroxylation sites is 1. The van der Waals surface area contributed by atoms with Gasteiger partial charge in [0.1, 0.15) is 5.84 Å². The van der Waals surface area contributed by atoms with Crippen LogP contribution in [0.3, 0.4) is 0 Å². The molecule has 0 saturated heterocycles. The third-order valence-electron chi connectivity index (χ3n) is 6.31. The van der Waals surface area contributed by atoms with Gasteiger partial charge in [-0.3, -0.25) is 0 Å². The number of nitrogens with one attached hydrogen (secondary N) is 1. The lowest BCUT2D eigenvalue weighted by Gasteiger charge is -2.43. The Morgan fingerprint density at radius 3 is 1.83 bits per heavy atom. The average Bonchev–Trinajstić information content (AvgIpc) is 2.66. The number of amidine groups is 1. The Hall–Kier alpha value is -1.92. The van der Waals surface area contributed by atoms with E-state index in [2.05, 4.69) is 51.3 Å². The Morgan fingerprint density at radius 2 is 1.37 bits per heavy atom. The fourth-order valence-corrected chi connectivity index (χ4v) is 11.7. The summed E-state index contributed by atoms with van der Waals surface area (Å²) in [6.07, 6.45) is 0. The number of aryl methyl sites for hydroxylation is 1. The lowest BCUT2D eigenvalue weighted by atomic mass is 10.2. The van der Waals surface area contributed by atoms with Crippen LogP contribution in [0.5, 0.6) is 0 Å². The number of hydrogen-bond acceptors (Lipinski definition) is 2. The van der Waals surface area contributed by atoms with Crippen molar-refractivity contribution in [3.05, 3.63) is 60.2 Å². The molecule has 2 rings (SSSR count). The standard InChI is InChI=1S/C24H36N2O2SSi/c1-18(2)30(19(3)4,20(5)6)17-24(25-22-11-9-8-10-12-22)26-29(27,28)23-15-13-21(7)14-16-23/h8-16,18-20H,17H2,1-7H3,(H,25,26). The monoisotopic (exact) mass is 444 g/mol. The van der Waals surface area contributed by atoms with Crippen molar-refractivity contribution in [3.8, 4) is 0 Å². The molecule has 0 spiro atoms. The van der Waals surface area contributed by atoms with Gasteiger partial charge in [-0.25, -0.2) is 0 Å². The summed E-state index contributed by atoms with van der Waals surface area (Å²) in [7, 11) is -5.71. The molecule has 0 saturated carbocycles. The van der Waals surface area contributed by atoms with Crippen LogP contribution in [0.4, 0.5) is 5.69 Å². The Morgan fingerprint density at radius 1 is 0.867 bits per heavy atom. The Labute approximate surface area is 183 Å². The van der Waals surface area contributed by atoms with Gasteiger partial charge in [-0.05, 0) is 31.2 Å². The van der Waals surface area contributed by atoms with Crippen LogP contribution in [0.25, 0.3) is 0 Å². The van der Waals surface area contributed by atoms with Crippen LogP contribution in [-0.2, 0) is 10.0 Å². The molecule has 164 valence electrons. The smallest absolute Gasteiger partial charge is 0.283 e. The summed E-state index contributed by atoms with van der Waals surface area (Å²) in [5.41, 5.74) is 3.38. The van der Waals surface area contributed by atoms with Crippen LogP contribution in [0.15, 0.2) is 63.9 Å². The predicted molar refractivity (Wildman–Crippen MR) is 132 cm³/mol. The van der Waals surface area contributed by atoms with Gasteiger partial charge in [0.25, 0.3) is 10.0 Å². The third-order valence-corrected chi connectivity index (χ3v) is 15.0. The second kappa shape index (κ2) is 9.92. The van der Waals surface area contributed by atoms with E-state index < -0.39 is 18.1 Å². The van der Waals surface area contributed by atoms with E-state index >= 15 is 0 Å². The van der Waals surface area contributed by atoms with Crippen molar-refractivity contribution in [1.82, 2.24) is 0 Å². The summed E-state index contributed by atoms with van der Waals surface area (Å²) in [6, 6.07) is 17.3. The normalized spacial score (nSPS) is 13.3. The first-order valence-corrected chi connectivity index (χ1v) is 14.6. The fraction of sp³-hybridized carbons (Fsp3) is 0.458. The van der Waals surface area contributed by atoms with Crippen LogP contribution in [-0.4, -0.2) is 22.3 Å². The average molecular weight is 445 g/mol. The zero-order chi connectivity index (χ0) is 22.5. The third kappa shape index (κ3) is 5.61. The van der Waals surface area contributed by atoms with Gasteiger partial charge in [-0.1, -0.05) is 94.1 Å². The summed E-state index contributed by atoms with van der Waals surface area (Å²) < 4.78 is 30.6. The highest BCUT2D eigenvalue weighted by molar-refractivity contribution is 7.90.